The number of benzene rings is 2. The number of ketones is 1. The van der Waals surface area contributed by atoms with E-state index in [-0.39, 0.29) is 22.9 Å². The molecule has 1 nitrogen and oxygen atoms in total. The first-order valence-corrected chi connectivity index (χ1v) is 10.2. The van der Waals surface area contributed by atoms with Crippen LogP contribution in [0, 0.1) is 6.42 Å². The Morgan fingerprint density at radius 3 is 1.62 bits per heavy atom. The minimum absolute atomic E-state index is 0. The smallest absolute Gasteiger partial charge is 0.167 e. The van der Waals surface area contributed by atoms with Crippen LogP contribution < -0.4 is 0 Å². The van der Waals surface area contributed by atoms with Crippen molar-refractivity contribution in [2.75, 3.05) is 0 Å². The molecule has 0 spiro atoms. The number of carbonyl (C=O) groups excluding carboxylic acids is 1. The quantitative estimate of drug-likeness (QED) is 0.180. The van der Waals surface area contributed by atoms with Gasteiger partial charge in [-0.2, -0.15) is 0 Å². The molecule has 0 aromatic heterocycles. The second-order valence-corrected chi connectivity index (χ2v) is 7.80. The van der Waals surface area contributed by atoms with Crippen LogP contribution >= 0.6 is 19.4 Å². The Morgan fingerprint density at radius 1 is 0.759 bits per heavy atom. The van der Waals surface area contributed by atoms with Crippen LogP contribution in [-0.2, 0) is 23.5 Å². The number of hydrogen-bond acceptors (Lipinski definition) is 1. The van der Waals surface area contributed by atoms with Crippen LogP contribution in [0.15, 0.2) is 78.9 Å². The fourth-order valence-corrected chi connectivity index (χ4v) is 2.06. The maximum absolute atomic E-state index is 11.9. The molecule has 1 aliphatic rings. The van der Waals surface area contributed by atoms with E-state index in [4.69, 9.17) is 11.6 Å². The van der Waals surface area contributed by atoms with Crippen molar-refractivity contribution in [2.45, 2.75) is 6.42 Å². The second-order valence-electron chi connectivity index (χ2n) is 5.48. The standard InChI is InChI=1S/C14H11ClO.C5H5.F6P.Fe/c15-13-9-5-4-8-12(13)10-14(16)11-6-2-1-3-7-11;1-2-4-5-3-1;1-7(2,3,4,5)6;/h1-9H,10H2;1-5H;;/q;;-1;. The first-order chi connectivity index (χ1) is 12.7. The molecule has 1 aliphatic carbocycles. The number of carbonyl (C=O) groups is 1. The van der Waals surface area contributed by atoms with Crippen molar-refractivity contribution in [1.29, 1.82) is 0 Å². The molecular weight excluding hydrogens is 480 g/mol. The van der Waals surface area contributed by atoms with Gasteiger partial charge in [-0.1, -0.05) is 84.4 Å². The molecule has 2 aromatic carbocycles. The Labute approximate surface area is 180 Å². The molecule has 0 heterocycles. The van der Waals surface area contributed by atoms with Gasteiger partial charge in [-0.05, 0) is 11.6 Å². The summed E-state index contributed by atoms with van der Waals surface area (Å²) in [5.41, 5.74) is 1.60. The topological polar surface area (TPSA) is 17.1 Å². The Hall–Kier alpha value is -1.59. The van der Waals surface area contributed by atoms with Gasteiger partial charge in [-0.25, -0.2) is 0 Å². The molecule has 3 rings (SSSR count). The van der Waals surface area contributed by atoms with Crippen molar-refractivity contribution >= 4 is 25.2 Å². The normalized spacial score (nSPS) is 14.2. The van der Waals surface area contributed by atoms with E-state index in [9.17, 15) is 30.0 Å². The van der Waals surface area contributed by atoms with Crippen molar-refractivity contribution in [3.8, 4) is 0 Å². The van der Waals surface area contributed by atoms with E-state index in [1.54, 1.807) is 6.07 Å². The summed E-state index contributed by atoms with van der Waals surface area (Å²) < 4.78 is 59.2. The number of rotatable bonds is 3. The molecule has 0 saturated carbocycles. The van der Waals surface area contributed by atoms with Crippen LogP contribution in [0.2, 0.25) is 5.02 Å². The van der Waals surface area contributed by atoms with Gasteiger partial charge in [-0.3, -0.25) is 4.79 Å². The first kappa shape index (κ1) is 27.4. The SMILES string of the molecule is F[P-](F)(F)(F)(F)F.O=C(Cc1ccccc1Cl)c1ccccc1.[CH]1C=CC=C1.[Fe]. The molecule has 0 bridgehead atoms. The molecule has 0 unspecified atom stereocenters. The molecular formula is C19H16ClF6FeOP-. The van der Waals surface area contributed by atoms with Gasteiger partial charge in [0.15, 0.2) is 5.78 Å². The number of allylic oxidation sites excluding steroid dienone is 4. The van der Waals surface area contributed by atoms with E-state index in [0.717, 1.165) is 11.1 Å². The zero-order valence-corrected chi connectivity index (χ0v) is 17.4. The van der Waals surface area contributed by atoms with E-state index in [2.05, 4.69) is 0 Å². The molecule has 0 fully saturated rings. The van der Waals surface area contributed by atoms with Crippen LogP contribution in [0.3, 0.4) is 0 Å². The summed E-state index contributed by atoms with van der Waals surface area (Å²) in [6.45, 7) is 0. The van der Waals surface area contributed by atoms with E-state index >= 15 is 0 Å². The third kappa shape index (κ3) is 17.0. The summed E-state index contributed by atoms with van der Waals surface area (Å²) in [6, 6.07) is 16.7. The summed E-state index contributed by atoms with van der Waals surface area (Å²) in [5.74, 6) is 0.0914. The van der Waals surface area contributed by atoms with Gasteiger partial charge in [0.1, 0.15) is 0 Å². The van der Waals surface area contributed by atoms with Crippen LogP contribution in [0.4, 0.5) is 25.2 Å². The van der Waals surface area contributed by atoms with E-state index in [1.807, 2.05) is 79.3 Å². The monoisotopic (exact) mass is 496 g/mol. The van der Waals surface area contributed by atoms with Gasteiger partial charge >= 0.3 is 33.0 Å². The molecule has 0 aliphatic heterocycles. The zero-order chi connectivity index (χ0) is 21.3. The van der Waals surface area contributed by atoms with E-state index < -0.39 is 7.81 Å². The van der Waals surface area contributed by atoms with Crippen molar-refractivity contribution in [1.82, 2.24) is 0 Å². The molecule has 10 heteroatoms. The summed E-state index contributed by atoms with van der Waals surface area (Å²) in [4.78, 5) is 11.9. The van der Waals surface area contributed by atoms with Crippen molar-refractivity contribution in [3.63, 3.8) is 0 Å². The third-order valence-corrected chi connectivity index (χ3v) is 3.33. The van der Waals surface area contributed by atoms with Crippen LogP contribution in [0.25, 0.3) is 0 Å². The van der Waals surface area contributed by atoms with Gasteiger partial charge in [-0.15, -0.1) is 0 Å². The Kier molecular flexibility index (Phi) is 9.87. The molecule has 0 saturated heterocycles. The van der Waals surface area contributed by atoms with Crippen molar-refractivity contribution in [3.05, 3.63) is 101 Å². The van der Waals surface area contributed by atoms with Crippen molar-refractivity contribution < 1.29 is 47.0 Å². The third-order valence-electron chi connectivity index (χ3n) is 2.96. The predicted octanol–water partition coefficient (Wildman–Crippen LogP) is 8.46. The number of halogens is 7. The summed E-state index contributed by atoms with van der Waals surface area (Å²) in [7, 11) is -10.7. The molecule has 0 atom stereocenters. The van der Waals surface area contributed by atoms with Crippen molar-refractivity contribution in [2.24, 2.45) is 0 Å². The Morgan fingerprint density at radius 2 is 1.21 bits per heavy atom. The van der Waals surface area contributed by atoms with Gasteiger partial charge < -0.3 is 0 Å². The largest absolute Gasteiger partial charge is 0.294 e. The van der Waals surface area contributed by atoms with Gasteiger partial charge in [0, 0.05) is 40.5 Å². The van der Waals surface area contributed by atoms with Crippen LogP contribution in [-0.4, -0.2) is 5.78 Å². The molecule has 0 amide bonds. The molecule has 1 radical (unpaired) electrons. The van der Waals surface area contributed by atoms with Gasteiger partial charge in [0.05, 0.1) is 0 Å². The molecule has 161 valence electrons. The minimum atomic E-state index is -10.7. The fourth-order valence-electron chi connectivity index (χ4n) is 1.86. The fraction of sp³-hybridized carbons (Fsp3) is 0.0526. The zero-order valence-electron chi connectivity index (χ0n) is 14.6. The minimum Gasteiger partial charge on any atom is -0.294 e. The Bertz CT molecular complexity index is 831. The average molecular weight is 497 g/mol. The molecule has 2 aromatic rings. The van der Waals surface area contributed by atoms with E-state index in [0.29, 0.717) is 11.4 Å². The van der Waals surface area contributed by atoms with Crippen LogP contribution in [0.1, 0.15) is 15.9 Å². The van der Waals surface area contributed by atoms with E-state index in [1.165, 1.54) is 0 Å². The predicted molar refractivity (Wildman–Crippen MR) is 102 cm³/mol. The van der Waals surface area contributed by atoms with Crippen LogP contribution in [0.5, 0.6) is 0 Å². The summed E-state index contributed by atoms with van der Waals surface area (Å²) >= 11 is 6.00. The van der Waals surface area contributed by atoms with Gasteiger partial charge in [0.2, 0.25) is 0 Å². The molecule has 29 heavy (non-hydrogen) atoms. The summed E-state index contributed by atoms with van der Waals surface area (Å²) in [5, 5.41) is 0.645. The maximum Gasteiger partial charge on any atom is 0.167 e. The number of hydrogen-bond donors (Lipinski definition) is 0. The second kappa shape index (κ2) is 10.4. The summed E-state index contributed by atoms with van der Waals surface area (Å²) in [6.07, 6.45) is 10.4. The molecule has 0 N–H and O–H groups in total. The average Bonchev–Trinajstić information content (AvgIpc) is 3.15. The number of Topliss-reactive ketones (excluding diaryl/α,β-unsaturated/α-hetero) is 1. The Balaban J connectivity index is 0.000000501. The van der Waals surface area contributed by atoms with Gasteiger partial charge in [0.25, 0.3) is 0 Å². The maximum atomic E-state index is 11.9. The first-order valence-electron chi connectivity index (χ1n) is 7.77.